The fourth-order valence-electron chi connectivity index (χ4n) is 3.47. The number of halogens is 1. The van der Waals surface area contributed by atoms with Crippen LogP contribution in [0.3, 0.4) is 0 Å². The number of nitrogens with one attached hydrogen (secondary N) is 2. The SMILES string of the molecule is O=C(Cc1ccc(Cl)cc1)NC(=S)Nc1ccc2c3c(cccc13)CC2. The van der Waals surface area contributed by atoms with Crippen LogP contribution in [-0.4, -0.2) is 11.0 Å². The van der Waals surface area contributed by atoms with Gasteiger partial charge in [-0.1, -0.05) is 48.0 Å². The van der Waals surface area contributed by atoms with Crippen LogP contribution in [0, 0.1) is 0 Å². The Morgan fingerprint density at radius 1 is 1.00 bits per heavy atom. The van der Waals surface area contributed by atoms with E-state index in [0.29, 0.717) is 10.1 Å². The van der Waals surface area contributed by atoms with Crippen molar-refractivity contribution in [2.75, 3.05) is 5.32 Å². The number of amides is 1. The molecule has 1 aliphatic rings. The number of anilines is 1. The molecule has 3 aromatic carbocycles. The van der Waals surface area contributed by atoms with Gasteiger partial charge in [-0.2, -0.15) is 0 Å². The molecular formula is C21H17ClN2OS. The maximum Gasteiger partial charge on any atom is 0.230 e. The Hall–Kier alpha value is -2.43. The molecule has 0 atom stereocenters. The van der Waals surface area contributed by atoms with E-state index in [4.69, 9.17) is 23.8 Å². The Bertz CT molecular complexity index is 1000. The van der Waals surface area contributed by atoms with Gasteiger partial charge in [0, 0.05) is 16.1 Å². The van der Waals surface area contributed by atoms with E-state index in [1.807, 2.05) is 18.2 Å². The zero-order chi connectivity index (χ0) is 18.1. The summed E-state index contributed by atoms with van der Waals surface area (Å²) in [6.45, 7) is 0. The molecule has 0 unspecified atom stereocenters. The third kappa shape index (κ3) is 3.43. The summed E-state index contributed by atoms with van der Waals surface area (Å²) in [7, 11) is 0. The Morgan fingerprint density at radius 3 is 2.50 bits per heavy atom. The van der Waals surface area contributed by atoms with Gasteiger partial charge < -0.3 is 10.6 Å². The van der Waals surface area contributed by atoms with E-state index >= 15 is 0 Å². The minimum atomic E-state index is -0.157. The van der Waals surface area contributed by atoms with Crippen molar-refractivity contribution in [3.63, 3.8) is 0 Å². The van der Waals surface area contributed by atoms with Gasteiger partial charge in [0.1, 0.15) is 0 Å². The number of rotatable bonds is 3. The molecule has 130 valence electrons. The highest BCUT2D eigenvalue weighted by atomic mass is 35.5. The number of benzene rings is 3. The zero-order valence-corrected chi connectivity index (χ0v) is 15.6. The van der Waals surface area contributed by atoms with Gasteiger partial charge in [0.05, 0.1) is 6.42 Å². The highest BCUT2D eigenvalue weighted by Gasteiger charge is 2.16. The van der Waals surface area contributed by atoms with Gasteiger partial charge in [0.15, 0.2) is 5.11 Å². The molecule has 0 aliphatic heterocycles. The third-order valence-corrected chi connectivity index (χ3v) is 5.11. The van der Waals surface area contributed by atoms with E-state index in [0.717, 1.165) is 29.5 Å². The third-order valence-electron chi connectivity index (χ3n) is 4.66. The quantitative estimate of drug-likeness (QED) is 0.650. The Labute approximate surface area is 162 Å². The molecule has 1 amide bonds. The van der Waals surface area contributed by atoms with Gasteiger partial charge in [0.2, 0.25) is 5.91 Å². The lowest BCUT2D eigenvalue weighted by Gasteiger charge is -2.13. The summed E-state index contributed by atoms with van der Waals surface area (Å²) in [6, 6.07) is 17.7. The predicted molar refractivity (Wildman–Crippen MR) is 111 cm³/mol. The van der Waals surface area contributed by atoms with E-state index in [-0.39, 0.29) is 12.3 Å². The van der Waals surface area contributed by atoms with Crippen molar-refractivity contribution in [1.82, 2.24) is 5.32 Å². The first-order valence-electron chi connectivity index (χ1n) is 8.49. The maximum atomic E-state index is 12.2. The lowest BCUT2D eigenvalue weighted by molar-refractivity contribution is -0.119. The van der Waals surface area contributed by atoms with Crippen LogP contribution in [0.5, 0.6) is 0 Å². The predicted octanol–water partition coefficient (Wildman–Crippen LogP) is 4.65. The molecule has 2 N–H and O–H groups in total. The van der Waals surface area contributed by atoms with Gasteiger partial charge in [-0.05, 0) is 65.3 Å². The lowest BCUT2D eigenvalue weighted by atomic mass is 10.0. The summed E-state index contributed by atoms with van der Waals surface area (Å²) < 4.78 is 0. The monoisotopic (exact) mass is 380 g/mol. The van der Waals surface area contributed by atoms with Gasteiger partial charge in [-0.3, -0.25) is 4.79 Å². The molecule has 3 aromatic rings. The zero-order valence-electron chi connectivity index (χ0n) is 14.0. The largest absolute Gasteiger partial charge is 0.332 e. The van der Waals surface area contributed by atoms with Crippen LogP contribution in [0.1, 0.15) is 16.7 Å². The van der Waals surface area contributed by atoms with Gasteiger partial charge in [-0.25, -0.2) is 0 Å². The summed E-state index contributed by atoms with van der Waals surface area (Å²) in [6.07, 6.45) is 2.42. The van der Waals surface area contributed by atoms with E-state index in [9.17, 15) is 4.79 Å². The summed E-state index contributed by atoms with van der Waals surface area (Å²) >= 11 is 11.2. The number of hydrogen-bond donors (Lipinski definition) is 2. The molecule has 0 bridgehead atoms. The van der Waals surface area contributed by atoms with Crippen molar-refractivity contribution >= 4 is 51.3 Å². The van der Waals surface area contributed by atoms with Crippen molar-refractivity contribution in [2.24, 2.45) is 0 Å². The molecule has 5 heteroatoms. The van der Waals surface area contributed by atoms with Crippen molar-refractivity contribution in [1.29, 1.82) is 0 Å². The fraction of sp³-hybridized carbons (Fsp3) is 0.143. The number of carbonyl (C=O) groups is 1. The molecule has 3 nitrogen and oxygen atoms in total. The van der Waals surface area contributed by atoms with Crippen LogP contribution in [0.15, 0.2) is 54.6 Å². The number of aryl methyl sites for hydroxylation is 2. The molecule has 26 heavy (non-hydrogen) atoms. The number of carbonyl (C=O) groups excluding carboxylic acids is 1. The summed E-state index contributed by atoms with van der Waals surface area (Å²) in [5, 5.41) is 9.34. The van der Waals surface area contributed by atoms with Crippen molar-refractivity contribution in [3.05, 3.63) is 76.3 Å². The minimum Gasteiger partial charge on any atom is -0.332 e. The highest BCUT2D eigenvalue weighted by molar-refractivity contribution is 7.80. The van der Waals surface area contributed by atoms with Crippen LogP contribution < -0.4 is 10.6 Å². The Balaban J connectivity index is 1.46. The van der Waals surface area contributed by atoms with E-state index in [1.165, 1.54) is 16.5 Å². The van der Waals surface area contributed by atoms with E-state index in [1.54, 1.807) is 12.1 Å². The van der Waals surface area contributed by atoms with Crippen molar-refractivity contribution < 1.29 is 4.79 Å². The molecule has 0 saturated carbocycles. The van der Waals surface area contributed by atoms with Gasteiger partial charge >= 0.3 is 0 Å². The second kappa shape index (κ2) is 7.06. The van der Waals surface area contributed by atoms with Crippen molar-refractivity contribution in [3.8, 4) is 0 Å². The Morgan fingerprint density at radius 2 is 1.73 bits per heavy atom. The second-order valence-corrected chi connectivity index (χ2v) is 7.26. The smallest absolute Gasteiger partial charge is 0.230 e. The van der Waals surface area contributed by atoms with Crippen LogP contribution in [0.2, 0.25) is 5.02 Å². The fourth-order valence-corrected chi connectivity index (χ4v) is 3.82. The average molecular weight is 381 g/mol. The van der Waals surface area contributed by atoms with E-state index in [2.05, 4.69) is 34.9 Å². The number of thiocarbonyl (C=S) groups is 1. The molecule has 4 rings (SSSR count). The van der Waals surface area contributed by atoms with Crippen LogP contribution in [0.4, 0.5) is 5.69 Å². The first-order chi connectivity index (χ1) is 12.6. The first-order valence-corrected chi connectivity index (χ1v) is 9.27. The molecule has 0 radical (unpaired) electrons. The molecule has 0 fully saturated rings. The van der Waals surface area contributed by atoms with Gasteiger partial charge in [-0.15, -0.1) is 0 Å². The maximum absolute atomic E-state index is 12.2. The van der Waals surface area contributed by atoms with Crippen LogP contribution in [-0.2, 0) is 24.1 Å². The van der Waals surface area contributed by atoms with Crippen LogP contribution in [0.25, 0.3) is 10.8 Å². The second-order valence-electron chi connectivity index (χ2n) is 6.42. The highest BCUT2D eigenvalue weighted by Crippen LogP contribution is 2.34. The number of hydrogen-bond acceptors (Lipinski definition) is 2. The molecule has 0 heterocycles. The summed E-state index contributed by atoms with van der Waals surface area (Å²) in [5.41, 5.74) is 4.56. The summed E-state index contributed by atoms with van der Waals surface area (Å²) in [4.78, 5) is 12.2. The molecule has 0 spiro atoms. The molecule has 0 saturated heterocycles. The first kappa shape index (κ1) is 17.0. The van der Waals surface area contributed by atoms with Crippen LogP contribution >= 0.6 is 23.8 Å². The lowest BCUT2D eigenvalue weighted by Crippen LogP contribution is -2.35. The average Bonchev–Trinajstić information content (AvgIpc) is 3.04. The molecule has 1 aliphatic carbocycles. The van der Waals surface area contributed by atoms with E-state index < -0.39 is 0 Å². The topological polar surface area (TPSA) is 41.1 Å². The van der Waals surface area contributed by atoms with Crippen molar-refractivity contribution in [2.45, 2.75) is 19.3 Å². The summed E-state index contributed by atoms with van der Waals surface area (Å²) in [5.74, 6) is -0.157. The standard InChI is InChI=1S/C21H17ClN2OS/c22-16-9-4-13(5-10-16)12-19(25)24-21(26)23-18-11-8-15-7-6-14-2-1-3-17(18)20(14)15/h1-5,8-11H,6-7,12H2,(H2,23,24,25,26). The molecular weight excluding hydrogens is 364 g/mol. The minimum absolute atomic E-state index is 0.157. The Kier molecular flexibility index (Phi) is 4.62. The van der Waals surface area contributed by atoms with Gasteiger partial charge in [0.25, 0.3) is 0 Å². The normalized spacial score (nSPS) is 12.2. The molecule has 0 aromatic heterocycles.